The molecule has 0 heterocycles. The molecule has 82 valence electrons. The van der Waals surface area contributed by atoms with Crippen molar-refractivity contribution in [1.29, 1.82) is 0 Å². The van der Waals surface area contributed by atoms with E-state index in [1.54, 1.807) is 13.2 Å². The van der Waals surface area contributed by atoms with Gasteiger partial charge in [-0.25, -0.2) is 0 Å². The van der Waals surface area contributed by atoms with E-state index in [0.717, 1.165) is 31.2 Å². The molecule has 15 heavy (non-hydrogen) atoms. The Morgan fingerprint density at radius 1 is 1.47 bits per heavy atom. The van der Waals surface area contributed by atoms with Gasteiger partial charge in [-0.1, -0.05) is 6.07 Å². The van der Waals surface area contributed by atoms with Gasteiger partial charge in [0.15, 0.2) is 0 Å². The van der Waals surface area contributed by atoms with Gasteiger partial charge in [0.1, 0.15) is 11.5 Å². The average Bonchev–Trinajstić information content (AvgIpc) is 2.95. The van der Waals surface area contributed by atoms with Gasteiger partial charge in [0, 0.05) is 11.6 Å². The highest BCUT2D eigenvalue weighted by atomic mass is 16.5. The van der Waals surface area contributed by atoms with Crippen molar-refractivity contribution in [3.63, 3.8) is 0 Å². The van der Waals surface area contributed by atoms with E-state index in [-0.39, 0.29) is 5.54 Å². The lowest BCUT2D eigenvalue weighted by Crippen LogP contribution is -2.22. The zero-order chi connectivity index (χ0) is 10.9. The second kappa shape index (κ2) is 3.74. The Bertz CT molecular complexity index is 359. The Morgan fingerprint density at radius 2 is 2.20 bits per heavy atom. The SMILES string of the molecule is COc1ccc(CCC2(N)CC2)c(O)c1. The molecule has 3 N–H and O–H groups in total. The van der Waals surface area contributed by atoms with Gasteiger partial charge < -0.3 is 15.6 Å². The third-order valence-corrected chi connectivity index (χ3v) is 3.08. The van der Waals surface area contributed by atoms with Crippen LogP contribution in [0.25, 0.3) is 0 Å². The summed E-state index contributed by atoms with van der Waals surface area (Å²) in [5.74, 6) is 0.990. The molecule has 3 heteroatoms. The van der Waals surface area contributed by atoms with Crippen LogP contribution in [0.2, 0.25) is 0 Å². The van der Waals surface area contributed by atoms with Crippen molar-refractivity contribution in [2.45, 2.75) is 31.2 Å². The summed E-state index contributed by atoms with van der Waals surface area (Å²) in [5, 5.41) is 9.72. The number of phenols is 1. The highest BCUT2D eigenvalue weighted by Gasteiger charge is 2.37. The van der Waals surface area contributed by atoms with Crippen LogP contribution >= 0.6 is 0 Å². The van der Waals surface area contributed by atoms with E-state index in [9.17, 15) is 5.11 Å². The summed E-state index contributed by atoms with van der Waals surface area (Å²) in [6, 6.07) is 5.41. The molecule has 3 nitrogen and oxygen atoms in total. The van der Waals surface area contributed by atoms with Crippen LogP contribution < -0.4 is 10.5 Å². The second-order valence-corrected chi connectivity index (χ2v) is 4.36. The van der Waals surface area contributed by atoms with Crippen molar-refractivity contribution < 1.29 is 9.84 Å². The molecular weight excluding hydrogens is 190 g/mol. The Kier molecular flexibility index (Phi) is 2.57. The largest absolute Gasteiger partial charge is 0.508 e. The first-order chi connectivity index (χ1) is 7.13. The van der Waals surface area contributed by atoms with Crippen LogP contribution in [0.3, 0.4) is 0 Å². The maximum atomic E-state index is 9.72. The molecule has 0 unspecified atom stereocenters. The van der Waals surface area contributed by atoms with Crippen LogP contribution in [-0.4, -0.2) is 17.8 Å². The van der Waals surface area contributed by atoms with Gasteiger partial charge in [-0.15, -0.1) is 0 Å². The number of phenolic OH excluding ortho intramolecular Hbond substituents is 1. The molecule has 0 spiro atoms. The van der Waals surface area contributed by atoms with Crippen LogP contribution in [0, 0.1) is 0 Å². The fourth-order valence-electron chi connectivity index (χ4n) is 1.68. The molecule has 0 amide bonds. The van der Waals surface area contributed by atoms with E-state index in [4.69, 9.17) is 10.5 Å². The fourth-order valence-corrected chi connectivity index (χ4v) is 1.68. The fraction of sp³-hybridized carbons (Fsp3) is 0.500. The molecule has 0 radical (unpaired) electrons. The maximum absolute atomic E-state index is 9.72. The lowest BCUT2D eigenvalue weighted by atomic mass is 10.0. The third kappa shape index (κ3) is 2.42. The van der Waals surface area contributed by atoms with Gasteiger partial charge in [0.2, 0.25) is 0 Å². The Hall–Kier alpha value is -1.22. The molecule has 0 saturated heterocycles. The highest BCUT2D eigenvalue weighted by molar-refractivity contribution is 5.39. The first-order valence-corrected chi connectivity index (χ1v) is 5.28. The van der Waals surface area contributed by atoms with Gasteiger partial charge in [-0.05, 0) is 37.3 Å². The Labute approximate surface area is 89.9 Å². The van der Waals surface area contributed by atoms with E-state index in [1.807, 2.05) is 12.1 Å². The molecule has 0 aliphatic heterocycles. The Morgan fingerprint density at radius 3 is 2.73 bits per heavy atom. The maximum Gasteiger partial charge on any atom is 0.122 e. The van der Waals surface area contributed by atoms with Crippen molar-refractivity contribution in [3.05, 3.63) is 23.8 Å². The standard InChI is InChI=1S/C12H17NO2/c1-15-10-3-2-9(11(14)8-10)4-5-12(13)6-7-12/h2-3,8,14H,4-7,13H2,1H3. The normalized spacial score (nSPS) is 17.5. The van der Waals surface area contributed by atoms with Crippen LogP contribution in [0.15, 0.2) is 18.2 Å². The smallest absolute Gasteiger partial charge is 0.122 e. The number of benzene rings is 1. The van der Waals surface area contributed by atoms with E-state index >= 15 is 0 Å². The predicted octanol–water partition coefficient (Wildman–Crippen LogP) is 1.82. The monoisotopic (exact) mass is 207 g/mol. The topological polar surface area (TPSA) is 55.5 Å². The summed E-state index contributed by atoms with van der Waals surface area (Å²) in [6.45, 7) is 0. The molecule has 0 aromatic heterocycles. The molecule has 0 bridgehead atoms. The number of nitrogens with two attached hydrogens (primary N) is 1. The number of ether oxygens (including phenoxy) is 1. The zero-order valence-electron chi connectivity index (χ0n) is 8.99. The van der Waals surface area contributed by atoms with Crippen molar-refractivity contribution >= 4 is 0 Å². The number of aromatic hydroxyl groups is 1. The lowest BCUT2D eigenvalue weighted by Gasteiger charge is -2.10. The quantitative estimate of drug-likeness (QED) is 0.791. The van der Waals surface area contributed by atoms with Crippen LogP contribution in [0.4, 0.5) is 0 Å². The van der Waals surface area contributed by atoms with E-state index in [2.05, 4.69) is 0 Å². The average molecular weight is 207 g/mol. The minimum absolute atomic E-state index is 0.0480. The summed E-state index contributed by atoms with van der Waals surface area (Å²) < 4.78 is 5.02. The van der Waals surface area contributed by atoms with Crippen LogP contribution in [-0.2, 0) is 6.42 Å². The van der Waals surface area contributed by atoms with Gasteiger partial charge in [0.05, 0.1) is 7.11 Å². The number of hydrogen-bond donors (Lipinski definition) is 2. The molecule has 1 aromatic rings. The van der Waals surface area contributed by atoms with Gasteiger partial charge in [-0.3, -0.25) is 0 Å². The van der Waals surface area contributed by atoms with Crippen LogP contribution in [0.5, 0.6) is 11.5 Å². The molecule has 1 aliphatic rings. The molecule has 1 aliphatic carbocycles. The summed E-state index contributed by atoms with van der Waals surface area (Å²) in [5.41, 5.74) is 6.99. The van der Waals surface area contributed by atoms with Crippen molar-refractivity contribution in [2.75, 3.05) is 7.11 Å². The van der Waals surface area contributed by atoms with E-state index in [1.165, 1.54) is 0 Å². The second-order valence-electron chi connectivity index (χ2n) is 4.36. The first kappa shape index (κ1) is 10.3. The third-order valence-electron chi connectivity index (χ3n) is 3.08. The number of rotatable bonds is 4. The Balaban J connectivity index is 2.01. The first-order valence-electron chi connectivity index (χ1n) is 5.28. The van der Waals surface area contributed by atoms with Gasteiger partial charge in [-0.2, -0.15) is 0 Å². The number of methoxy groups -OCH3 is 1. The van der Waals surface area contributed by atoms with E-state index in [0.29, 0.717) is 11.5 Å². The van der Waals surface area contributed by atoms with E-state index < -0.39 is 0 Å². The van der Waals surface area contributed by atoms with Crippen molar-refractivity contribution in [2.24, 2.45) is 5.73 Å². The summed E-state index contributed by atoms with van der Waals surface area (Å²) in [7, 11) is 1.59. The lowest BCUT2D eigenvalue weighted by molar-refractivity contribution is 0.406. The molecular formula is C12H17NO2. The van der Waals surface area contributed by atoms with Crippen molar-refractivity contribution in [1.82, 2.24) is 0 Å². The molecule has 1 fully saturated rings. The highest BCUT2D eigenvalue weighted by Crippen LogP contribution is 2.37. The summed E-state index contributed by atoms with van der Waals surface area (Å²) in [4.78, 5) is 0. The minimum Gasteiger partial charge on any atom is -0.508 e. The molecule has 1 saturated carbocycles. The van der Waals surface area contributed by atoms with Crippen molar-refractivity contribution in [3.8, 4) is 11.5 Å². The predicted molar refractivity (Wildman–Crippen MR) is 59.1 cm³/mol. The minimum atomic E-state index is 0.0480. The van der Waals surface area contributed by atoms with Gasteiger partial charge >= 0.3 is 0 Å². The van der Waals surface area contributed by atoms with Gasteiger partial charge in [0.25, 0.3) is 0 Å². The zero-order valence-corrected chi connectivity index (χ0v) is 8.99. The van der Waals surface area contributed by atoms with Crippen LogP contribution in [0.1, 0.15) is 24.8 Å². The molecule has 2 rings (SSSR count). The molecule has 1 aromatic carbocycles. The summed E-state index contributed by atoms with van der Waals surface area (Å²) in [6.07, 6.45) is 4.02. The molecule has 0 atom stereocenters. The number of aryl methyl sites for hydroxylation is 1. The number of hydrogen-bond acceptors (Lipinski definition) is 3. The summed E-state index contributed by atoms with van der Waals surface area (Å²) >= 11 is 0.